The molecule has 0 N–H and O–H groups in total. The molecule has 0 amide bonds. The molecule has 0 aliphatic heterocycles. The van der Waals surface area contributed by atoms with Gasteiger partial charge in [-0.3, -0.25) is 0 Å². The van der Waals surface area contributed by atoms with Crippen molar-refractivity contribution in [2.24, 2.45) is 0 Å². The van der Waals surface area contributed by atoms with Gasteiger partial charge in [0.25, 0.3) is 0 Å². The van der Waals surface area contributed by atoms with Gasteiger partial charge in [0.2, 0.25) is 0 Å². The van der Waals surface area contributed by atoms with E-state index in [1.54, 1.807) is 0 Å². The van der Waals surface area contributed by atoms with Crippen LogP contribution in [0.2, 0.25) is 0 Å². The third-order valence-electron chi connectivity index (χ3n) is 11.9. The molecule has 0 aromatic heterocycles. The van der Waals surface area contributed by atoms with E-state index in [0.717, 1.165) is 0 Å². The zero-order valence-corrected chi connectivity index (χ0v) is 29.9. The van der Waals surface area contributed by atoms with E-state index in [1.807, 2.05) is 0 Å². The Bertz CT molecular complexity index is 2630. The third kappa shape index (κ3) is 3.29. The fourth-order valence-electron chi connectivity index (χ4n) is 10.2. The van der Waals surface area contributed by atoms with Gasteiger partial charge in [0, 0.05) is 11.8 Å². The quantitative estimate of drug-likeness (QED) is 0.156. The molecule has 50 heavy (non-hydrogen) atoms. The summed E-state index contributed by atoms with van der Waals surface area (Å²) in [6.07, 6.45) is 0. The Morgan fingerprint density at radius 2 is 0.580 bits per heavy atom. The maximum absolute atomic E-state index is 4.24. The highest BCUT2D eigenvalue weighted by molar-refractivity contribution is 9.11. The Balaban J connectivity index is 1.26. The van der Waals surface area contributed by atoms with Gasteiger partial charge in [0.05, 0.1) is 0 Å². The van der Waals surface area contributed by atoms with Crippen LogP contribution in [0.3, 0.4) is 0 Å². The highest BCUT2D eigenvalue weighted by Gasteiger charge is 2.49. The van der Waals surface area contributed by atoms with Crippen molar-refractivity contribution in [3.05, 3.63) is 200 Å². The van der Waals surface area contributed by atoms with Crippen LogP contribution in [0.4, 0.5) is 0 Å². The third-order valence-corrected chi connectivity index (χ3v) is 13.5. The van der Waals surface area contributed by atoms with Gasteiger partial charge in [0.15, 0.2) is 0 Å². The molecule has 0 nitrogen and oxygen atoms in total. The van der Waals surface area contributed by atoms with Gasteiger partial charge in [-0.1, -0.05) is 177 Å². The van der Waals surface area contributed by atoms with Gasteiger partial charge in [-0.25, -0.2) is 0 Å². The summed E-state index contributed by atoms with van der Waals surface area (Å²) < 4.78 is 0. The van der Waals surface area contributed by atoms with E-state index < -0.39 is 0 Å². The molecule has 0 heterocycles. The Hall–Kier alpha value is -4.76. The molecule has 0 saturated carbocycles. The fourth-order valence-corrected chi connectivity index (χ4v) is 11.7. The number of benzene rings is 8. The SMILES string of the molecule is Br[C]1c2ccccc2-c2c1c1c(c3ccccc23)-c2ccccc2[C@H]1[C@H]1c2ccccc2-c2c1c1c(c3ccccc23)-c2ccccc2[C]1Br. The minimum absolute atomic E-state index is 0.109. The van der Waals surface area contributed by atoms with E-state index in [9.17, 15) is 0 Å². The van der Waals surface area contributed by atoms with Crippen molar-refractivity contribution in [3.8, 4) is 44.5 Å². The molecule has 0 unspecified atom stereocenters. The van der Waals surface area contributed by atoms with Crippen LogP contribution in [0, 0.1) is 9.65 Å². The van der Waals surface area contributed by atoms with Crippen molar-refractivity contribution >= 4 is 53.4 Å². The maximum atomic E-state index is 4.24. The molecule has 4 aliphatic carbocycles. The average molecular weight is 763 g/mol. The molecule has 8 aromatic rings. The molecule has 8 aromatic carbocycles. The zero-order valence-electron chi connectivity index (χ0n) is 26.8. The number of rotatable bonds is 1. The van der Waals surface area contributed by atoms with E-state index >= 15 is 0 Å². The summed E-state index contributed by atoms with van der Waals surface area (Å²) in [6, 6.07) is 54.6. The number of fused-ring (bicyclic) bond motifs is 20. The van der Waals surface area contributed by atoms with Gasteiger partial charge >= 0.3 is 0 Å². The number of halogens is 2. The Kier molecular flexibility index (Phi) is 5.56. The van der Waals surface area contributed by atoms with Crippen molar-refractivity contribution in [3.63, 3.8) is 0 Å². The van der Waals surface area contributed by atoms with Crippen molar-refractivity contribution in [2.75, 3.05) is 0 Å². The van der Waals surface area contributed by atoms with Crippen LogP contribution in [0.5, 0.6) is 0 Å². The standard InChI is InChI=1S/C48H26Br2/c49-47-35-23-11-9-21-33(35)39-27-15-3-1-13-25(27)37-29-17-5-7-19-31(29)41(43(37)45(39)47)42-32-20-8-6-18-30(32)38-26-14-2-4-16-28(26)40-34-22-10-12-24-36(34)48(50)46(40)44(38)42/h1-24,41-42H/t41-,42+. The molecule has 4 aliphatic rings. The van der Waals surface area contributed by atoms with Crippen molar-refractivity contribution in [1.82, 2.24) is 0 Å². The summed E-state index contributed by atoms with van der Waals surface area (Å²) in [5, 5.41) is 5.32. The first-order valence-corrected chi connectivity index (χ1v) is 18.9. The van der Waals surface area contributed by atoms with Crippen molar-refractivity contribution < 1.29 is 0 Å². The predicted octanol–water partition coefficient (Wildman–Crippen LogP) is 13.5. The van der Waals surface area contributed by atoms with E-state index in [2.05, 4.69) is 177 Å². The molecule has 2 atom stereocenters. The summed E-state index contributed by atoms with van der Waals surface area (Å²) in [5.74, 6) is 0.219. The molecule has 232 valence electrons. The number of hydrogen-bond donors (Lipinski definition) is 0. The largest absolute Gasteiger partial charge is 0.101 e. The highest BCUT2D eigenvalue weighted by atomic mass is 79.9. The fraction of sp³-hybridized carbons (Fsp3) is 0.0417. The minimum Gasteiger partial charge on any atom is -0.0725 e. The second kappa shape index (κ2) is 9.94. The van der Waals surface area contributed by atoms with Crippen LogP contribution >= 0.6 is 31.9 Å². The normalized spacial score (nSPS) is 17.6. The molecular weight excluding hydrogens is 736 g/mol. The van der Waals surface area contributed by atoms with Crippen LogP contribution < -0.4 is 0 Å². The van der Waals surface area contributed by atoms with E-state index in [4.69, 9.17) is 0 Å². The average Bonchev–Trinajstić information content (AvgIpc) is 3.87. The van der Waals surface area contributed by atoms with Crippen LogP contribution in [0.1, 0.15) is 56.3 Å². The van der Waals surface area contributed by atoms with E-state index in [-0.39, 0.29) is 11.8 Å². The summed E-state index contributed by atoms with van der Waals surface area (Å²) in [7, 11) is 0. The second-order valence-electron chi connectivity index (χ2n) is 14.0. The molecular formula is C48H26Br2. The molecule has 2 radical (unpaired) electrons. The first kappa shape index (κ1) is 28.0. The highest BCUT2D eigenvalue weighted by Crippen LogP contribution is 2.67. The summed E-state index contributed by atoms with van der Waals surface area (Å²) in [4.78, 5) is 2.41. The van der Waals surface area contributed by atoms with Gasteiger partial charge in [-0.05, 0) is 111 Å². The van der Waals surface area contributed by atoms with Crippen LogP contribution in [-0.4, -0.2) is 0 Å². The Morgan fingerprint density at radius 1 is 0.280 bits per heavy atom. The van der Waals surface area contributed by atoms with Crippen molar-refractivity contribution in [1.29, 1.82) is 0 Å². The molecule has 2 heteroatoms. The molecule has 0 spiro atoms. The van der Waals surface area contributed by atoms with Gasteiger partial charge in [-0.15, -0.1) is 0 Å². The first-order chi connectivity index (χ1) is 24.7. The Labute approximate surface area is 307 Å². The molecule has 0 fully saturated rings. The monoisotopic (exact) mass is 760 g/mol. The summed E-state index contributed by atoms with van der Waals surface area (Å²) in [5.41, 5.74) is 21.8. The predicted molar refractivity (Wildman–Crippen MR) is 214 cm³/mol. The number of hydrogen-bond acceptors (Lipinski definition) is 0. The maximum Gasteiger partial charge on any atom is 0.101 e. The topological polar surface area (TPSA) is 0 Å². The lowest BCUT2D eigenvalue weighted by Gasteiger charge is -2.29. The Morgan fingerprint density at radius 3 is 0.980 bits per heavy atom. The van der Waals surface area contributed by atoms with Crippen molar-refractivity contribution in [2.45, 2.75) is 11.8 Å². The summed E-state index contributed by atoms with van der Waals surface area (Å²) in [6.45, 7) is 0. The first-order valence-electron chi connectivity index (χ1n) is 17.3. The minimum atomic E-state index is 0.109. The molecule has 0 bridgehead atoms. The smallest absolute Gasteiger partial charge is 0.0725 e. The van der Waals surface area contributed by atoms with Crippen LogP contribution in [0.25, 0.3) is 66.1 Å². The second-order valence-corrected chi connectivity index (χ2v) is 15.6. The van der Waals surface area contributed by atoms with Gasteiger partial charge in [0.1, 0.15) is 9.65 Å². The summed E-state index contributed by atoms with van der Waals surface area (Å²) >= 11 is 8.47. The van der Waals surface area contributed by atoms with E-state index in [1.165, 1.54) is 120 Å². The van der Waals surface area contributed by atoms with Gasteiger partial charge < -0.3 is 0 Å². The molecule has 0 saturated heterocycles. The van der Waals surface area contributed by atoms with Crippen LogP contribution in [0.15, 0.2) is 146 Å². The van der Waals surface area contributed by atoms with Gasteiger partial charge in [-0.2, -0.15) is 0 Å². The van der Waals surface area contributed by atoms with Crippen LogP contribution in [-0.2, 0) is 0 Å². The zero-order chi connectivity index (χ0) is 32.8. The molecule has 12 rings (SSSR count). The lowest BCUT2D eigenvalue weighted by Crippen LogP contribution is -2.14. The lowest BCUT2D eigenvalue weighted by atomic mass is 9.74. The lowest BCUT2D eigenvalue weighted by molar-refractivity contribution is 0.719. The van der Waals surface area contributed by atoms with E-state index in [0.29, 0.717) is 0 Å².